The largest absolute Gasteiger partial charge is 0.437 e. The Morgan fingerprint density at radius 2 is 1.74 bits per heavy atom. The van der Waals surface area contributed by atoms with Crippen LogP contribution in [0.4, 0.5) is 23.0 Å². The minimum atomic E-state index is -0.474. The molecule has 0 radical (unpaired) electrons. The summed E-state index contributed by atoms with van der Waals surface area (Å²) in [5.41, 5.74) is 1.99. The summed E-state index contributed by atoms with van der Waals surface area (Å²) >= 11 is 6.15. The SMILES string of the molecule is CN1CCN(c2ccc(Nc3ncc(Cl)c(Oc4ccc([N+](=O)[O-])cc4)n3)cc2)CC1. The molecular weight excluding hydrogens is 420 g/mol. The monoisotopic (exact) mass is 440 g/mol. The number of halogens is 1. The lowest BCUT2D eigenvalue weighted by Crippen LogP contribution is -2.44. The number of hydrogen-bond donors (Lipinski definition) is 1. The zero-order valence-corrected chi connectivity index (χ0v) is 17.6. The molecule has 2 heterocycles. The average molecular weight is 441 g/mol. The number of nitrogens with one attached hydrogen (secondary N) is 1. The number of nitro groups is 1. The Bertz CT molecular complexity index is 1050. The maximum atomic E-state index is 10.8. The Morgan fingerprint density at radius 3 is 2.39 bits per heavy atom. The van der Waals surface area contributed by atoms with Gasteiger partial charge in [-0.1, -0.05) is 11.6 Å². The number of hydrogen-bond acceptors (Lipinski definition) is 8. The quantitative estimate of drug-likeness (QED) is 0.447. The summed E-state index contributed by atoms with van der Waals surface area (Å²) in [6.45, 7) is 4.12. The fraction of sp³-hybridized carbons (Fsp3) is 0.238. The number of anilines is 3. The van der Waals surface area contributed by atoms with Crippen molar-refractivity contribution >= 4 is 34.6 Å². The van der Waals surface area contributed by atoms with Crippen LogP contribution in [0, 0.1) is 10.1 Å². The molecule has 0 spiro atoms. The first-order valence-electron chi connectivity index (χ1n) is 9.73. The molecule has 1 aromatic heterocycles. The molecular formula is C21H21ClN6O3. The molecule has 1 N–H and O–H groups in total. The van der Waals surface area contributed by atoms with E-state index in [-0.39, 0.29) is 16.6 Å². The fourth-order valence-electron chi connectivity index (χ4n) is 3.18. The molecule has 0 aliphatic carbocycles. The first-order chi connectivity index (χ1) is 15.0. The second kappa shape index (κ2) is 9.15. The van der Waals surface area contributed by atoms with Gasteiger partial charge in [-0.15, -0.1) is 0 Å². The van der Waals surface area contributed by atoms with Crippen LogP contribution in [-0.4, -0.2) is 53.0 Å². The third-order valence-corrected chi connectivity index (χ3v) is 5.23. The summed E-state index contributed by atoms with van der Waals surface area (Å²) in [4.78, 5) is 23.5. The van der Waals surface area contributed by atoms with Crippen molar-refractivity contribution in [2.45, 2.75) is 0 Å². The summed E-state index contributed by atoms with van der Waals surface area (Å²) in [5, 5.41) is 14.1. The zero-order valence-electron chi connectivity index (χ0n) is 16.9. The molecule has 0 atom stereocenters. The van der Waals surface area contributed by atoms with Gasteiger partial charge in [-0.2, -0.15) is 4.98 Å². The fourth-order valence-corrected chi connectivity index (χ4v) is 3.31. The normalized spacial score (nSPS) is 14.3. The van der Waals surface area contributed by atoms with Gasteiger partial charge in [0.2, 0.25) is 11.8 Å². The van der Waals surface area contributed by atoms with Gasteiger partial charge in [-0.3, -0.25) is 10.1 Å². The number of nitrogens with zero attached hydrogens (tertiary/aromatic N) is 5. The van der Waals surface area contributed by atoms with Gasteiger partial charge in [0.1, 0.15) is 10.8 Å². The van der Waals surface area contributed by atoms with Gasteiger partial charge in [0.05, 0.1) is 11.1 Å². The van der Waals surface area contributed by atoms with Gasteiger partial charge in [-0.05, 0) is 43.4 Å². The average Bonchev–Trinajstić information content (AvgIpc) is 2.78. The number of benzene rings is 2. The number of rotatable bonds is 6. The number of piperazine rings is 1. The van der Waals surface area contributed by atoms with Gasteiger partial charge in [0.15, 0.2) is 0 Å². The van der Waals surface area contributed by atoms with Gasteiger partial charge in [0.25, 0.3) is 5.69 Å². The number of likely N-dealkylation sites (N-methyl/N-ethyl adjacent to an activating group) is 1. The predicted molar refractivity (Wildman–Crippen MR) is 120 cm³/mol. The standard InChI is InChI=1S/C21H21ClN6O3/c1-26-10-12-27(13-11-26)16-4-2-15(3-5-16)24-21-23-14-19(22)20(25-21)31-18-8-6-17(7-9-18)28(29)30/h2-9,14H,10-13H2,1H3,(H,23,24,25). The molecule has 0 saturated carbocycles. The van der Waals surface area contributed by atoms with Crippen LogP contribution in [0.3, 0.4) is 0 Å². The van der Waals surface area contributed by atoms with Crippen LogP contribution in [0.5, 0.6) is 11.6 Å². The van der Waals surface area contributed by atoms with E-state index in [1.165, 1.54) is 36.1 Å². The predicted octanol–water partition coefficient (Wildman–Crippen LogP) is 4.33. The van der Waals surface area contributed by atoms with Crippen molar-refractivity contribution in [3.8, 4) is 11.6 Å². The van der Waals surface area contributed by atoms with Crippen molar-refractivity contribution in [2.24, 2.45) is 0 Å². The lowest BCUT2D eigenvalue weighted by atomic mass is 10.2. The Labute approximate surface area is 184 Å². The van der Waals surface area contributed by atoms with E-state index in [1.807, 2.05) is 12.1 Å². The summed E-state index contributed by atoms with van der Waals surface area (Å²) in [5.74, 6) is 0.865. The van der Waals surface area contributed by atoms with Crippen molar-refractivity contribution in [1.82, 2.24) is 14.9 Å². The number of non-ortho nitro benzene ring substituents is 1. The van der Waals surface area contributed by atoms with Gasteiger partial charge >= 0.3 is 0 Å². The van der Waals surface area contributed by atoms with Gasteiger partial charge < -0.3 is 19.9 Å². The highest BCUT2D eigenvalue weighted by Crippen LogP contribution is 2.29. The molecule has 31 heavy (non-hydrogen) atoms. The molecule has 0 amide bonds. The van der Waals surface area contributed by atoms with E-state index < -0.39 is 4.92 Å². The van der Waals surface area contributed by atoms with E-state index in [4.69, 9.17) is 16.3 Å². The highest BCUT2D eigenvalue weighted by atomic mass is 35.5. The van der Waals surface area contributed by atoms with Crippen LogP contribution < -0.4 is 15.0 Å². The van der Waals surface area contributed by atoms with E-state index >= 15 is 0 Å². The Balaban J connectivity index is 1.43. The van der Waals surface area contributed by atoms with Crippen molar-refractivity contribution in [3.63, 3.8) is 0 Å². The second-order valence-electron chi connectivity index (χ2n) is 7.16. The molecule has 4 rings (SSSR count). The molecule has 10 heteroatoms. The molecule has 1 aliphatic heterocycles. The minimum Gasteiger partial charge on any atom is -0.437 e. The zero-order chi connectivity index (χ0) is 21.8. The number of nitro benzene ring substituents is 1. The van der Waals surface area contributed by atoms with E-state index in [2.05, 4.69) is 44.3 Å². The lowest BCUT2D eigenvalue weighted by Gasteiger charge is -2.34. The maximum absolute atomic E-state index is 10.8. The highest BCUT2D eigenvalue weighted by Gasteiger charge is 2.14. The molecule has 3 aromatic rings. The molecule has 9 nitrogen and oxygen atoms in total. The Morgan fingerprint density at radius 1 is 1.06 bits per heavy atom. The summed E-state index contributed by atoms with van der Waals surface area (Å²) in [7, 11) is 2.13. The first kappa shape index (κ1) is 20.8. The first-order valence-corrected chi connectivity index (χ1v) is 10.1. The van der Waals surface area contributed by atoms with Crippen molar-refractivity contribution in [2.75, 3.05) is 43.4 Å². The topological polar surface area (TPSA) is 96.7 Å². The number of aromatic nitrogens is 2. The van der Waals surface area contributed by atoms with Crippen LogP contribution in [-0.2, 0) is 0 Å². The molecule has 2 aromatic carbocycles. The lowest BCUT2D eigenvalue weighted by molar-refractivity contribution is -0.384. The molecule has 0 unspecified atom stereocenters. The molecule has 160 valence electrons. The van der Waals surface area contributed by atoms with Crippen LogP contribution in [0.15, 0.2) is 54.7 Å². The van der Waals surface area contributed by atoms with Crippen LogP contribution in [0.25, 0.3) is 0 Å². The third-order valence-electron chi connectivity index (χ3n) is 4.97. The van der Waals surface area contributed by atoms with Crippen LogP contribution in [0.2, 0.25) is 5.02 Å². The van der Waals surface area contributed by atoms with Crippen LogP contribution >= 0.6 is 11.6 Å². The van der Waals surface area contributed by atoms with Crippen molar-refractivity contribution < 1.29 is 9.66 Å². The molecule has 0 bridgehead atoms. The molecule has 1 saturated heterocycles. The van der Waals surface area contributed by atoms with E-state index in [1.54, 1.807) is 0 Å². The van der Waals surface area contributed by atoms with E-state index in [9.17, 15) is 10.1 Å². The summed E-state index contributed by atoms with van der Waals surface area (Å²) in [6, 6.07) is 13.8. The van der Waals surface area contributed by atoms with E-state index in [0.717, 1.165) is 31.9 Å². The second-order valence-corrected chi connectivity index (χ2v) is 7.57. The number of ether oxygens (including phenoxy) is 1. The van der Waals surface area contributed by atoms with E-state index in [0.29, 0.717) is 11.7 Å². The minimum absolute atomic E-state index is 0.0245. The Kier molecular flexibility index (Phi) is 6.15. The maximum Gasteiger partial charge on any atom is 0.269 e. The summed E-state index contributed by atoms with van der Waals surface area (Å²) in [6.07, 6.45) is 1.44. The van der Waals surface area contributed by atoms with Gasteiger partial charge in [0, 0.05) is 49.7 Å². The highest BCUT2D eigenvalue weighted by molar-refractivity contribution is 6.31. The summed E-state index contributed by atoms with van der Waals surface area (Å²) < 4.78 is 5.67. The van der Waals surface area contributed by atoms with Gasteiger partial charge in [-0.25, -0.2) is 4.98 Å². The Hall–Kier alpha value is -3.43. The third kappa shape index (κ3) is 5.19. The molecule has 1 aliphatic rings. The van der Waals surface area contributed by atoms with Crippen LogP contribution in [0.1, 0.15) is 0 Å². The van der Waals surface area contributed by atoms with Crippen molar-refractivity contribution in [1.29, 1.82) is 0 Å². The molecule has 1 fully saturated rings. The smallest absolute Gasteiger partial charge is 0.269 e. The van der Waals surface area contributed by atoms with Crippen molar-refractivity contribution in [3.05, 3.63) is 69.9 Å².